The molecule has 2 aromatic rings. The fraction of sp³-hybridized carbons (Fsp3) is 0.250. The molecule has 0 radical (unpaired) electrons. The van der Waals surface area contributed by atoms with E-state index in [4.69, 9.17) is 9.47 Å². The molecule has 1 aliphatic heterocycles. The van der Waals surface area contributed by atoms with E-state index in [9.17, 15) is 14.4 Å². The zero-order valence-corrected chi connectivity index (χ0v) is 16.2. The van der Waals surface area contributed by atoms with Crippen molar-refractivity contribution >= 4 is 40.9 Å². The van der Waals surface area contributed by atoms with Crippen LogP contribution in [0.15, 0.2) is 53.4 Å². The molecular formula is C20H20N2O5S. The summed E-state index contributed by atoms with van der Waals surface area (Å²) in [6, 6.07) is 14.4. The van der Waals surface area contributed by atoms with Gasteiger partial charge in [-0.3, -0.25) is 14.4 Å². The summed E-state index contributed by atoms with van der Waals surface area (Å²) >= 11 is 1.48. The lowest BCUT2D eigenvalue weighted by molar-refractivity contribution is -0.147. The number of carbonyl (C=O) groups is 3. The predicted octanol–water partition coefficient (Wildman–Crippen LogP) is 2.71. The minimum absolute atomic E-state index is 0.0144. The lowest BCUT2D eigenvalue weighted by Crippen LogP contribution is -2.37. The van der Waals surface area contributed by atoms with E-state index in [2.05, 4.69) is 5.32 Å². The van der Waals surface area contributed by atoms with Crippen LogP contribution < -0.4 is 15.0 Å². The van der Waals surface area contributed by atoms with Crippen molar-refractivity contribution in [1.82, 2.24) is 0 Å². The van der Waals surface area contributed by atoms with Crippen LogP contribution in [0.3, 0.4) is 0 Å². The summed E-state index contributed by atoms with van der Waals surface area (Å²) in [5.74, 6) is 0.00387. The molecule has 1 N–H and O–H groups in total. The van der Waals surface area contributed by atoms with Crippen molar-refractivity contribution in [1.29, 1.82) is 0 Å². The minimum atomic E-state index is -0.534. The predicted molar refractivity (Wildman–Crippen MR) is 107 cm³/mol. The number of fused-ring (bicyclic) bond motifs is 1. The number of hydrogen-bond acceptors (Lipinski definition) is 6. The summed E-state index contributed by atoms with van der Waals surface area (Å²) in [7, 11) is 1.56. The molecule has 146 valence electrons. The van der Waals surface area contributed by atoms with E-state index >= 15 is 0 Å². The number of amides is 2. The monoisotopic (exact) mass is 400 g/mol. The van der Waals surface area contributed by atoms with Crippen LogP contribution in [0.4, 0.5) is 11.4 Å². The van der Waals surface area contributed by atoms with Crippen molar-refractivity contribution < 1.29 is 23.9 Å². The lowest BCUT2D eigenvalue weighted by Gasteiger charge is -2.28. The fourth-order valence-electron chi connectivity index (χ4n) is 2.69. The number of para-hydroxylation sites is 1. The Morgan fingerprint density at radius 1 is 1.14 bits per heavy atom. The maximum absolute atomic E-state index is 12.2. The highest BCUT2D eigenvalue weighted by Gasteiger charge is 2.24. The van der Waals surface area contributed by atoms with E-state index in [0.717, 1.165) is 10.6 Å². The minimum Gasteiger partial charge on any atom is -0.497 e. The van der Waals surface area contributed by atoms with Crippen molar-refractivity contribution in [2.24, 2.45) is 0 Å². The van der Waals surface area contributed by atoms with Crippen LogP contribution in [-0.4, -0.2) is 43.8 Å². The Labute approximate surface area is 167 Å². The van der Waals surface area contributed by atoms with Gasteiger partial charge in [0.15, 0.2) is 6.61 Å². The third-order valence-electron chi connectivity index (χ3n) is 4.09. The van der Waals surface area contributed by atoms with E-state index in [1.807, 2.05) is 24.3 Å². The first-order chi connectivity index (χ1) is 13.6. The Balaban J connectivity index is 1.45. The van der Waals surface area contributed by atoms with Gasteiger partial charge in [-0.1, -0.05) is 12.1 Å². The number of rotatable bonds is 7. The van der Waals surface area contributed by atoms with E-state index in [1.54, 1.807) is 36.3 Å². The van der Waals surface area contributed by atoms with Crippen LogP contribution in [-0.2, 0) is 19.1 Å². The van der Waals surface area contributed by atoms with Gasteiger partial charge in [0, 0.05) is 17.1 Å². The molecule has 0 unspecified atom stereocenters. The number of benzene rings is 2. The largest absolute Gasteiger partial charge is 0.497 e. The molecule has 1 heterocycles. The highest BCUT2D eigenvalue weighted by molar-refractivity contribution is 8.00. The number of nitrogens with zero attached hydrogens (tertiary/aromatic N) is 1. The highest BCUT2D eigenvalue weighted by Crippen LogP contribution is 2.34. The Bertz CT molecular complexity index is 869. The van der Waals surface area contributed by atoms with Gasteiger partial charge in [0.05, 0.1) is 25.0 Å². The molecule has 0 aliphatic carbocycles. The highest BCUT2D eigenvalue weighted by atomic mass is 32.2. The number of ether oxygens (including phenoxy) is 2. The standard InChI is InChI=1S/C20H20N2O5S/c1-26-15-8-6-14(7-9-15)21-18(23)12-27-20(25)10-11-22-16-4-2-3-5-17(16)28-13-19(22)24/h2-9H,10-13H2,1H3,(H,21,23). The summed E-state index contributed by atoms with van der Waals surface area (Å²) in [6.45, 7) is -0.166. The molecule has 8 heteroatoms. The van der Waals surface area contributed by atoms with Crippen LogP contribution in [0.25, 0.3) is 0 Å². The number of thioether (sulfide) groups is 1. The topological polar surface area (TPSA) is 84.9 Å². The molecule has 3 rings (SSSR count). The van der Waals surface area contributed by atoms with Crippen LogP contribution in [0.5, 0.6) is 5.75 Å². The van der Waals surface area contributed by atoms with Crippen LogP contribution in [0, 0.1) is 0 Å². The third kappa shape index (κ3) is 5.04. The Kier molecular flexibility index (Phi) is 6.54. The van der Waals surface area contributed by atoms with Crippen molar-refractivity contribution in [3.05, 3.63) is 48.5 Å². The van der Waals surface area contributed by atoms with Gasteiger partial charge in [-0.15, -0.1) is 11.8 Å². The number of nitrogens with one attached hydrogen (secondary N) is 1. The van der Waals surface area contributed by atoms with Crippen molar-refractivity contribution in [3.8, 4) is 5.75 Å². The van der Waals surface area contributed by atoms with Crippen molar-refractivity contribution in [2.75, 3.05) is 36.2 Å². The van der Waals surface area contributed by atoms with Gasteiger partial charge in [0.25, 0.3) is 5.91 Å². The van der Waals surface area contributed by atoms with E-state index in [1.165, 1.54) is 11.8 Å². The first-order valence-corrected chi connectivity index (χ1v) is 9.67. The maximum atomic E-state index is 12.2. The summed E-state index contributed by atoms with van der Waals surface area (Å²) in [4.78, 5) is 38.6. The van der Waals surface area contributed by atoms with Gasteiger partial charge in [0.1, 0.15) is 5.75 Å². The molecule has 0 spiro atoms. The van der Waals surface area contributed by atoms with Crippen molar-refractivity contribution in [3.63, 3.8) is 0 Å². The van der Waals surface area contributed by atoms with Crippen molar-refractivity contribution in [2.45, 2.75) is 11.3 Å². The van der Waals surface area contributed by atoms with E-state index in [0.29, 0.717) is 17.2 Å². The normalized spacial score (nSPS) is 12.9. The first kappa shape index (κ1) is 19.8. The molecule has 0 saturated carbocycles. The Morgan fingerprint density at radius 3 is 2.64 bits per heavy atom. The SMILES string of the molecule is COc1ccc(NC(=O)COC(=O)CCN2C(=O)CSc3ccccc32)cc1. The summed E-state index contributed by atoms with van der Waals surface area (Å²) in [5.41, 5.74) is 1.38. The smallest absolute Gasteiger partial charge is 0.308 e. The average Bonchev–Trinajstić information content (AvgIpc) is 2.72. The molecule has 0 aromatic heterocycles. The van der Waals surface area contributed by atoms with E-state index < -0.39 is 11.9 Å². The van der Waals surface area contributed by atoms with Crippen LogP contribution in [0.1, 0.15) is 6.42 Å². The molecule has 0 atom stereocenters. The van der Waals surface area contributed by atoms with Crippen LogP contribution >= 0.6 is 11.8 Å². The molecule has 2 amide bonds. The molecule has 0 saturated heterocycles. The second-order valence-electron chi connectivity index (χ2n) is 5.99. The number of anilines is 2. The second-order valence-corrected chi connectivity index (χ2v) is 7.01. The number of carbonyl (C=O) groups excluding carboxylic acids is 3. The Morgan fingerprint density at radius 2 is 1.89 bits per heavy atom. The third-order valence-corrected chi connectivity index (χ3v) is 5.13. The first-order valence-electron chi connectivity index (χ1n) is 8.68. The van der Waals surface area contributed by atoms with E-state index in [-0.39, 0.29) is 25.5 Å². The lowest BCUT2D eigenvalue weighted by atomic mass is 10.2. The summed E-state index contributed by atoms with van der Waals surface area (Å²) in [5, 5.41) is 2.64. The number of methoxy groups -OCH3 is 1. The molecular weight excluding hydrogens is 380 g/mol. The molecule has 28 heavy (non-hydrogen) atoms. The maximum Gasteiger partial charge on any atom is 0.308 e. The molecule has 7 nitrogen and oxygen atoms in total. The zero-order chi connectivity index (χ0) is 19.9. The van der Waals surface area contributed by atoms with Gasteiger partial charge < -0.3 is 19.7 Å². The molecule has 1 aliphatic rings. The summed E-state index contributed by atoms with van der Waals surface area (Å²) < 4.78 is 10.1. The fourth-order valence-corrected chi connectivity index (χ4v) is 3.63. The number of esters is 1. The molecule has 0 bridgehead atoms. The van der Waals surface area contributed by atoms with Crippen LogP contribution in [0.2, 0.25) is 0 Å². The molecule has 2 aromatic carbocycles. The summed E-state index contributed by atoms with van der Waals surface area (Å²) in [6.07, 6.45) is 0.0144. The zero-order valence-electron chi connectivity index (χ0n) is 15.3. The average molecular weight is 400 g/mol. The quantitative estimate of drug-likeness (QED) is 0.720. The van der Waals surface area contributed by atoms with Gasteiger partial charge in [0.2, 0.25) is 5.91 Å². The van der Waals surface area contributed by atoms with Gasteiger partial charge in [-0.25, -0.2) is 0 Å². The Hall–Kier alpha value is -3.00. The molecule has 0 fully saturated rings. The number of hydrogen-bond donors (Lipinski definition) is 1. The van der Waals surface area contributed by atoms with Gasteiger partial charge >= 0.3 is 5.97 Å². The second kappa shape index (κ2) is 9.27. The van der Waals surface area contributed by atoms with Gasteiger partial charge in [-0.2, -0.15) is 0 Å². The van der Waals surface area contributed by atoms with Gasteiger partial charge in [-0.05, 0) is 36.4 Å².